The van der Waals surface area contributed by atoms with Crippen molar-refractivity contribution in [2.75, 3.05) is 18.4 Å². The van der Waals surface area contributed by atoms with Crippen molar-refractivity contribution in [2.45, 2.75) is 65.0 Å². The lowest BCUT2D eigenvalue weighted by atomic mass is 10.0. The van der Waals surface area contributed by atoms with E-state index in [4.69, 9.17) is 0 Å². The van der Waals surface area contributed by atoms with Crippen LogP contribution in [0.1, 0.15) is 45.9 Å². The molecule has 4 heterocycles. The molecule has 1 amide bonds. The average Bonchev–Trinajstić information content (AvgIpc) is 3.48. The van der Waals surface area contributed by atoms with Gasteiger partial charge in [0.1, 0.15) is 17.5 Å². The van der Waals surface area contributed by atoms with Crippen molar-refractivity contribution < 1.29 is 22.4 Å². The third-order valence-corrected chi connectivity index (χ3v) is 5.83. The summed E-state index contributed by atoms with van der Waals surface area (Å²) in [5, 5.41) is 2.79. The van der Waals surface area contributed by atoms with Crippen molar-refractivity contribution in [2.24, 2.45) is 0 Å². The van der Waals surface area contributed by atoms with Crippen LogP contribution in [0.25, 0.3) is 0 Å². The van der Waals surface area contributed by atoms with E-state index in [1.54, 1.807) is 30.2 Å². The number of aryl methyl sites for hydroxylation is 2. The number of nitrogens with zero attached hydrogens (tertiary/aromatic N) is 3. The van der Waals surface area contributed by atoms with E-state index in [-0.39, 0.29) is 37.4 Å². The Morgan fingerprint density at radius 3 is 2.18 bits per heavy atom. The highest BCUT2D eigenvalue weighted by atomic mass is 19.3. The van der Waals surface area contributed by atoms with E-state index < -0.39 is 23.6 Å². The van der Waals surface area contributed by atoms with E-state index in [2.05, 4.69) is 15.3 Å². The number of carbonyl (C=O) groups excluding carboxylic acids is 1. The maximum atomic E-state index is 13.1. The fraction of sp³-hybridized carbons (Fsp3) is 0.444. The zero-order valence-electron chi connectivity index (χ0n) is 21.9. The molecule has 0 radical (unpaired) electrons. The molecule has 208 valence electrons. The molecule has 3 aromatic rings. The number of benzene rings is 1. The molecule has 5 rings (SSSR count). The first-order valence-electron chi connectivity index (χ1n) is 12.7. The van der Waals surface area contributed by atoms with Gasteiger partial charge in [0.15, 0.2) is 5.82 Å². The second-order valence-corrected chi connectivity index (χ2v) is 8.56. The molecule has 0 aliphatic carbocycles. The highest BCUT2D eigenvalue weighted by Gasteiger charge is 2.36. The first kappa shape index (κ1) is 30.8. The number of pyridine rings is 1. The number of nitrogens with one attached hydrogen (secondary N) is 2. The van der Waals surface area contributed by atoms with E-state index in [0.29, 0.717) is 5.82 Å². The number of carbonyl (C=O) groups is 1. The molecule has 0 saturated carbocycles. The van der Waals surface area contributed by atoms with Crippen molar-refractivity contribution in [3.63, 3.8) is 0 Å². The Morgan fingerprint density at radius 2 is 1.71 bits per heavy atom. The van der Waals surface area contributed by atoms with Gasteiger partial charge in [-0.05, 0) is 31.5 Å². The summed E-state index contributed by atoms with van der Waals surface area (Å²) in [6.45, 7) is 7.19. The molecule has 0 bridgehead atoms. The van der Waals surface area contributed by atoms with Crippen molar-refractivity contribution in [1.82, 2.24) is 19.4 Å². The van der Waals surface area contributed by atoms with Crippen molar-refractivity contribution >= 4 is 11.7 Å². The van der Waals surface area contributed by atoms with Gasteiger partial charge in [0, 0.05) is 63.4 Å². The number of likely N-dealkylation sites (tertiary alicyclic amines) is 1. The molecular formula is C27H35F4N5O2. The zero-order valence-corrected chi connectivity index (χ0v) is 21.9. The van der Waals surface area contributed by atoms with E-state index in [0.717, 1.165) is 31.3 Å². The Morgan fingerprint density at radius 1 is 1.05 bits per heavy atom. The molecule has 11 heteroatoms. The molecule has 1 aromatic carbocycles. The largest absolute Gasteiger partial charge is 0.333 e. The van der Waals surface area contributed by atoms with E-state index in [1.165, 1.54) is 24.3 Å². The molecule has 38 heavy (non-hydrogen) atoms. The van der Waals surface area contributed by atoms with Gasteiger partial charge in [0.2, 0.25) is 11.5 Å². The van der Waals surface area contributed by atoms with E-state index in [1.807, 2.05) is 24.6 Å². The number of imidazole rings is 1. The minimum atomic E-state index is -2.59. The number of hydrogen-bond acceptors (Lipinski definition) is 4. The van der Waals surface area contributed by atoms with Crippen LogP contribution in [0.15, 0.2) is 59.7 Å². The molecule has 1 saturated heterocycles. The summed E-state index contributed by atoms with van der Waals surface area (Å²) in [5.74, 6) is -2.29. The van der Waals surface area contributed by atoms with E-state index >= 15 is 0 Å². The van der Waals surface area contributed by atoms with Gasteiger partial charge in [-0.15, -0.1) is 0 Å². The Labute approximate surface area is 219 Å². The number of aromatic nitrogens is 3. The molecule has 1 unspecified atom stereocenters. The number of aromatic amines is 1. The third-order valence-electron chi connectivity index (χ3n) is 5.83. The molecule has 2 N–H and O–H groups in total. The van der Waals surface area contributed by atoms with Gasteiger partial charge in [-0.1, -0.05) is 26.0 Å². The summed E-state index contributed by atoms with van der Waals surface area (Å²) in [5.41, 5.74) is -0.0532. The highest BCUT2D eigenvalue weighted by molar-refractivity contribution is 5.93. The lowest BCUT2D eigenvalue weighted by Gasteiger charge is -2.34. The van der Waals surface area contributed by atoms with Gasteiger partial charge in [0.05, 0.1) is 6.04 Å². The second kappa shape index (κ2) is 15.1. The molecular weight excluding hydrogens is 502 g/mol. The third kappa shape index (κ3) is 10.1. The number of halogens is 4. The lowest BCUT2D eigenvalue weighted by Crippen LogP contribution is -2.48. The fourth-order valence-electron chi connectivity index (χ4n) is 3.79. The topological polar surface area (TPSA) is 83.0 Å². The van der Waals surface area contributed by atoms with Crippen molar-refractivity contribution in [1.29, 1.82) is 0 Å². The smallest absolute Gasteiger partial charge is 0.250 e. The minimum Gasteiger partial charge on any atom is -0.333 e. The van der Waals surface area contributed by atoms with E-state index in [9.17, 15) is 27.2 Å². The van der Waals surface area contributed by atoms with Gasteiger partial charge in [-0.25, -0.2) is 22.5 Å². The SMILES string of the molecule is CC.CC(C(=O)Nc1cn2c(n1)CCC2)N1CCC(F)(F)CC1.Fc1cccc(F)c1.O=c1cccc[nH]1. The predicted octanol–water partition coefficient (Wildman–Crippen LogP) is 5.25. The summed E-state index contributed by atoms with van der Waals surface area (Å²) >= 11 is 0. The minimum absolute atomic E-state index is 0.0532. The number of hydrogen-bond donors (Lipinski definition) is 2. The molecule has 0 spiro atoms. The van der Waals surface area contributed by atoms with Crippen molar-refractivity contribution in [3.8, 4) is 0 Å². The first-order valence-corrected chi connectivity index (χ1v) is 12.7. The molecule has 2 aromatic heterocycles. The Balaban J connectivity index is 0.000000244. The summed E-state index contributed by atoms with van der Waals surface area (Å²) in [6.07, 6.45) is 5.12. The first-order chi connectivity index (χ1) is 18.1. The highest BCUT2D eigenvalue weighted by Crippen LogP contribution is 2.28. The fourth-order valence-corrected chi connectivity index (χ4v) is 3.79. The number of fused-ring (bicyclic) bond motifs is 1. The van der Waals surface area contributed by atoms with Crippen LogP contribution in [-0.2, 0) is 17.8 Å². The van der Waals surface area contributed by atoms with Gasteiger partial charge in [-0.3, -0.25) is 14.5 Å². The van der Waals surface area contributed by atoms with Crippen LogP contribution in [0.5, 0.6) is 0 Å². The summed E-state index contributed by atoms with van der Waals surface area (Å²) in [7, 11) is 0. The summed E-state index contributed by atoms with van der Waals surface area (Å²) in [4.78, 5) is 31.1. The molecule has 7 nitrogen and oxygen atoms in total. The maximum absolute atomic E-state index is 13.1. The van der Waals surface area contributed by atoms with Crippen LogP contribution >= 0.6 is 0 Å². The maximum Gasteiger partial charge on any atom is 0.250 e. The number of rotatable bonds is 3. The standard InChI is InChI=1S/C14H20F2N4O.C6H4F2.C5H5NO.C2H6/c1-10(19-7-4-14(15,16)5-8-19)13(21)18-11-9-20-6-2-3-12(20)17-11;7-5-2-1-3-6(8)4-5;7-5-3-1-2-4-6-5;1-2/h9-10H,2-8H2,1H3,(H,18,21);1-4H;1-4H,(H,6,7);1-2H3. The number of alkyl halides is 2. The van der Waals surface area contributed by atoms with Gasteiger partial charge in [-0.2, -0.15) is 0 Å². The molecule has 1 atom stereocenters. The second-order valence-electron chi connectivity index (χ2n) is 8.56. The predicted molar refractivity (Wildman–Crippen MR) is 139 cm³/mol. The number of H-pyrrole nitrogens is 1. The molecule has 1 fully saturated rings. The van der Waals surface area contributed by atoms with Crippen LogP contribution in [0, 0.1) is 11.6 Å². The van der Waals surface area contributed by atoms with Gasteiger partial charge < -0.3 is 14.9 Å². The van der Waals surface area contributed by atoms with Crippen molar-refractivity contribution in [3.05, 3.63) is 82.7 Å². The Hall–Kier alpha value is -3.47. The van der Waals surface area contributed by atoms with Crippen LogP contribution < -0.4 is 10.9 Å². The zero-order chi connectivity index (χ0) is 28.1. The lowest BCUT2D eigenvalue weighted by molar-refractivity contribution is -0.124. The number of amides is 1. The van der Waals surface area contributed by atoms with Gasteiger partial charge in [0.25, 0.3) is 5.92 Å². The molecule has 2 aliphatic rings. The summed E-state index contributed by atoms with van der Waals surface area (Å²) < 4.78 is 52.2. The Bertz CT molecular complexity index is 1130. The number of piperidine rings is 1. The Kier molecular flexibility index (Phi) is 12.2. The van der Waals surface area contributed by atoms with Crippen LogP contribution in [0.2, 0.25) is 0 Å². The van der Waals surface area contributed by atoms with Crippen LogP contribution in [0.4, 0.5) is 23.4 Å². The van der Waals surface area contributed by atoms with Crippen LogP contribution in [-0.4, -0.2) is 50.4 Å². The van der Waals surface area contributed by atoms with Gasteiger partial charge >= 0.3 is 0 Å². The quantitative estimate of drug-likeness (QED) is 0.447. The summed E-state index contributed by atoms with van der Waals surface area (Å²) in [6, 6.07) is 9.06. The van der Waals surface area contributed by atoms with Crippen LogP contribution in [0.3, 0.4) is 0 Å². The molecule has 2 aliphatic heterocycles. The monoisotopic (exact) mass is 537 g/mol. The number of anilines is 1. The normalized spacial score (nSPS) is 16.3. The average molecular weight is 538 g/mol.